The number of rotatable bonds is 10. The molecule has 0 N–H and O–H groups in total. The van der Waals surface area contributed by atoms with E-state index in [-0.39, 0.29) is 5.41 Å². The molecule has 0 amide bonds. The lowest BCUT2D eigenvalue weighted by molar-refractivity contribution is 0.672. The quantitative estimate of drug-likeness (QED) is 0.126. The molecule has 0 saturated carbocycles. The van der Waals surface area contributed by atoms with Crippen molar-refractivity contribution >= 4 is 66.4 Å². The second kappa shape index (κ2) is 18.9. The van der Waals surface area contributed by atoms with Crippen LogP contribution in [0, 0.1) is 0 Å². The Hall–Kier alpha value is -9.76. The molecule has 0 unspecified atom stereocenters. The molecule has 0 radical (unpaired) electrons. The van der Waals surface area contributed by atoms with Gasteiger partial charge >= 0.3 is 0 Å². The van der Waals surface area contributed by atoms with Crippen LogP contribution in [0.5, 0.6) is 0 Å². The fraction of sp³-hybridized carbons (Fsp3) is 0.0400. The summed E-state index contributed by atoms with van der Waals surface area (Å²) in [5, 5.41) is 7.56. The third-order valence-corrected chi connectivity index (χ3v) is 15.9. The van der Waals surface area contributed by atoms with Crippen LogP contribution in [0.1, 0.15) is 25.0 Å². The normalized spacial score (nSPS) is 12.4. The summed E-state index contributed by atoms with van der Waals surface area (Å²) < 4.78 is 0. The highest BCUT2D eigenvalue weighted by Gasteiger charge is 2.40. The summed E-state index contributed by atoms with van der Waals surface area (Å²) in [5.41, 5.74) is 21.2. The molecule has 0 aromatic heterocycles. The van der Waals surface area contributed by atoms with Gasteiger partial charge in [-0.15, -0.1) is 0 Å². The summed E-state index contributed by atoms with van der Waals surface area (Å²) >= 11 is 0. The Morgan fingerprint density at radius 3 is 1.18 bits per heavy atom. The Bertz CT molecular complexity index is 4320. The highest BCUT2D eigenvalue weighted by Crippen LogP contribution is 2.57. The molecule has 2 heteroatoms. The zero-order valence-corrected chi connectivity index (χ0v) is 43.1. The summed E-state index contributed by atoms with van der Waals surface area (Å²) in [6, 6.07) is 107. The summed E-state index contributed by atoms with van der Waals surface area (Å²) in [7, 11) is 0. The Morgan fingerprint density at radius 2 is 0.675 bits per heavy atom. The second-order valence-corrected chi connectivity index (χ2v) is 20.8. The Kier molecular flexibility index (Phi) is 11.2. The monoisotopic (exact) mass is 982 g/mol. The third kappa shape index (κ3) is 7.88. The van der Waals surface area contributed by atoms with Crippen molar-refractivity contribution in [2.45, 2.75) is 19.3 Å². The standard InChI is InChI=1S/C75H54N2/c1-75(2)73-62-43-40-60(76(58-31-17-7-18-32-58)70-45-38-55(51-23-9-3-10-24-51)48-67(70)53-27-13-5-14-28-53)47-57(62)37-42-66(73)72-64-36-22-21-35-63(64)69-50-61(41-44-65(69)74(72)75)77(59-33-19-8-20-34-59)71-46-39-56(52-25-11-4-12-26-52)49-68(71)54-29-15-6-16-30-54/h3-50H,1-2H3. The first kappa shape index (κ1) is 45.8. The number of fused-ring (bicyclic) bond motifs is 10. The van der Waals surface area contributed by atoms with Gasteiger partial charge in [-0.3, -0.25) is 0 Å². The molecular formula is C75H54N2. The van der Waals surface area contributed by atoms with Gasteiger partial charge in [0.1, 0.15) is 0 Å². The van der Waals surface area contributed by atoms with Crippen molar-refractivity contribution in [2.24, 2.45) is 0 Å². The summed E-state index contributed by atoms with van der Waals surface area (Å²) in [5.74, 6) is 0. The lowest BCUT2D eigenvalue weighted by atomic mass is 9.77. The van der Waals surface area contributed by atoms with E-state index in [1.165, 1.54) is 99.1 Å². The van der Waals surface area contributed by atoms with Gasteiger partial charge in [0.25, 0.3) is 0 Å². The fourth-order valence-electron chi connectivity index (χ4n) is 12.5. The van der Waals surface area contributed by atoms with Crippen molar-refractivity contribution in [1.29, 1.82) is 0 Å². The van der Waals surface area contributed by atoms with E-state index in [0.29, 0.717) is 0 Å². The van der Waals surface area contributed by atoms with Gasteiger partial charge in [0.15, 0.2) is 0 Å². The van der Waals surface area contributed by atoms with Gasteiger partial charge in [-0.1, -0.05) is 232 Å². The molecule has 1 aliphatic carbocycles. The molecule has 0 heterocycles. The minimum Gasteiger partial charge on any atom is -0.310 e. The molecule has 0 bridgehead atoms. The van der Waals surface area contributed by atoms with Crippen LogP contribution >= 0.6 is 0 Å². The molecule has 2 nitrogen and oxygen atoms in total. The highest BCUT2D eigenvalue weighted by molar-refractivity contribution is 6.20. The fourth-order valence-corrected chi connectivity index (χ4v) is 12.5. The van der Waals surface area contributed by atoms with E-state index in [9.17, 15) is 0 Å². The number of hydrogen-bond donors (Lipinski definition) is 0. The van der Waals surface area contributed by atoms with Crippen molar-refractivity contribution in [2.75, 3.05) is 9.80 Å². The van der Waals surface area contributed by atoms with Gasteiger partial charge in [-0.2, -0.15) is 0 Å². The smallest absolute Gasteiger partial charge is 0.0540 e. The van der Waals surface area contributed by atoms with Crippen molar-refractivity contribution in [3.63, 3.8) is 0 Å². The molecule has 13 aromatic rings. The molecule has 0 fully saturated rings. The van der Waals surface area contributed by atoms with E-state index < -0.39 is 0 Å². The lowest BCUT2D eigenvalue weighted by Gasteiger charge is -2.30. The largest absolute Gasteiger partial charge is 0.310 e. The van der Waals surface area contributed by atoms with Crippen molar-refractivity contribution in [3.05, 3.63) is 302 Å². The van der Waals surface area contributed by atoms with Crippen LogP contribution in [0.3, 0.4) is 0 Å². The number of hydrogen-bond acceptors (Lipinski definition) is 2. The molecule has 77 heavy (non-hydrogen) atoms. The third-order valence-electron chi connectivity index (χ3n) is 15.9. The molecule has 0 saturated heterocycles. The molecule has 0 spiro atoms. The minimum absolute atomic E-state index is 0.324. The molecule has 0 atom stereocenters. The van der Waals surface area contributed by atoms with Crippen molar-refractivity contribution in [3.8, 4) is 55.6 Å². The second-order valence-electron chi connectivity index (χ2n) is 20.8. The maximum atomic E-state index is 2.45. The minimum atomic E-state index is -0.324. The van der Waals surface area contributed by atoms with Gasteiger partial charge in [-0.25, -0.2) is 0 Å². The summed E-state index contributed by atoms with van der Waals surface area (Å²) in [6.07, 6.45) is 0. The maximum absolute atomic E-state index is 2.45. The first-order valence-corrected chi connectivity index (χ1v) is 26.7. The first-order chi connectivity index (χ1) is 38.0. The van der Waals surface area contributed by atoms with Gasteiger partial charge in [0.2, 0.25) is 0 Å². The van der Waals surface area contributed by atoms with Gasteiger partial charge < -0.3 is 9.80 Å². The van der Waals surface area contributed by atoms with Crippen LogP contribution in [0.4, 0.5) is 34.1 Å². The molecule has 13 aromatic carbocycles. The molecule has 0 aliphatic heterocycles. The summed E-state index contributed by atoms with van der Waals surface area (Å²) in [4.78, 5) is 4.88. The van der Waals surface area contributed by atoms with E-state index >= 15 is 0 Å². The average Bonchev–Trinajstić information content (AvgIpc) is 4.04. The van der Waals surface area contributed by atoms with Crippen molar-refractivity contribution < 1.29 is 0 Å². The van der Waals surface area contributed by atoms with E-state index in [4.69, 9.17) is 0 Å². The zero-order valence-electron chi connectivity index (χ0n) is 43.1. The number of anilines is 6. The predicted molar refractivity (Wildman–Crippen MR) is 328 cm³/mol. The summed E-state index contributed by atoms with van der Waals surface area (Å²) in [6.45, 7) is 4.89. The van der Waals surface area contributed by atoms with E-state index in [1.807, 2.05) is 0 Å². The first-order valence-electron chi connectivity index (χ1n) is 26.7. The molecule has 14 rings (SSSR count). The lowest BCUT2D eigenvalue weighted by Crippen LogP contribution is -2.17. The number of para-hydroxylation sites is 2. The SMILES string of the molecule is CC1(C)c2c(ccc3cc(N(c4ccccc4)c4ccc(-c5ccccc5)cc4-c4ccccc4)ccc23)-c2c1c1ccc(N(c3ccccc3)c3ccc(-c4ccccc4)cc3-c3ccccc3)cc1c1ccccc21. The van der Waals surface area contributed by atoms with Crippen LogP contribution in [0.15, 0.2) is 291 Å². The van der Waals surface area contributed by atoms with E-state index in [2.05, 4.69) is 315 Å². The number of nitrogens with zero attached hydrogens (tertiary/aromatic N) is 2. The highest BCUT2D eigenvalue weighted by atomic mass is 15.1. The van der Waals surface area contributed by atoms with Crippen LogP contribution in [-0.2, 0) is 5.41 Å². The molecule has 1 aliphatic rings. The topological polar surface area (TPSA) is 6.48 Å². The predicted octanol–water partition coefficient (Wildman–Crippen LogP) is 21.1. The van der Waals surface area contributed by atoms with Crippen LogP contribution in [-0.4, -0.2) is 0 Å². The van der Waals surface area contributed by atoms with E-state index in [1.54, 1.807) is 0 Å². The van der Waals surface area contributed by atoms with Crippen LogP contribution in [0.25, 0.3) is 88.0 Å². The Balaban J connectivity index is 0.927. The maximum Gasteiger partial charge on any atom is 0.0540 e. The van der Waals surface area contributed by atoms with Crippen molar-refractivity contribution in [1.82, 2.24) is 0 Å². The Morgan fingerprint density at radius 1 is 0.247 bits per heavy atom. The zero-order chi connectivity index (χ0) is 51.5. The van der Waals surface area contributed by atoms with E-state index in [0.717, 1.165) is 34.1 Å². The molecule has 364 valence electrons. The number of benzene rings is 13. The van der Waals surface area contributed by atoms with Crippen LogP contribution < -0.4 is 9.80 Å². The van der Waals surface area contributed by atoms with Gasteiger partial charge in [0, 0.05) is 39.3 Å². The van der Waals surface area contributed by atoms with Crippen LogP contribution in [0.2, 0.25) is 0 Å². The van der Waals surface area contributed by atoms with Gasteiger partial charge in [0.05, 0.1) is 11.4 Å². The van der Waals surface area contributed by atoms with Gasteiger partial charge in [-0.05, 0) is 161 Å². The Labute approximate surface area is 451 Å². The average molecular weight is 983 g/mol. The molecular weight excluding hydrogens is 929 g/mol.